The molecule has 1 aromatic carbocycles. The highest BCUT2D eigenvalue weighted by molar-refractivity contribution is 9.10. The Bertz CT molecular complexity index is 325. The van der Waals surface area contributed by atoms with Crippen LogP contribution in [0.4, 0.5) is 0 Å². The van der Waals surface area contributed by atoms with E-state index >= 15 is 0 Å². The molecule has 0 aliphatic carbocycles. The smallest absolute Gasteiger partial charge is 0.339 e. The van der Waals surface area contributed by atoms with Crippen molar-refractivity contribution in [2.75, 3.05) is 7.11 Å². The molecule has 0 saturated heterocycles. The van der Waals surface area contributed by atoms with Crippen molar-refractivity contribution in [2.45, 2.75) is 5.88 Å². The molecule has 0 N–H and O–H groups in total. The van der Waals surface area contributed by atoms with Crippen LogP contribution in [0.15, 0.2) is 22.7 Å². The number of carbonyl (C=O) groups excluding carboxylic acids is 1. The zero-order valence-electron chi connectivity index (χ0n) is 7.01. The summed E-state index contributed by atoms with van der Waals surface area (Å²) in [6, 6.07) is 5.34. The van der Waals surface area contributed by atoms with E-state index in [0.29, 0.717) is 15.9 Å². The maximum absolute atomic E-state index is 11.2. The van der Waals surface area contributed by atoms with Crippen LogP contribution in [0, 0.1) is 0 Å². The molecule has 0 fully saturated rings. The van der Waals surface area contributed by atoms with Crippen LogP contribution in [0.1, 0.15) is 15.9 Å². The van der Waals surface area contributed by atoms with E-state index in [-0.39, 0.29) is 5.97 Å². The standard InChI is InChI=1S/C9H8BrClO2/c1-13-9(12)7-4-6(5-11)2-3-8(7)10/h2-4H,5H2,1H3. The molecule has 0 bridgehead atoms. The Morgan fingerprint density at radius 1 is 1.62 bits per heavy atom. The number of ether oxygens (including phenoxy) is 1. The molecular weight excluding hydrogens is 255 g/mol. The fourth-order valence-corrected chi connectivity index (χ4v) is 1.50. The SMILES string of the molecule is COC(=O)c1cc(CCl)ccc1Br. The van der Waals surface area contributed by atoms with Gasteiger partial charge in [-0.3, -0.25) is 0 Å². The van der Waals surface area contributed by atoms with E-state index in [4.69, 9.17) is 11.6 Å². The number of hydrogen-bond acceptors (Lipinski definition) is 2. The minimum Gasteiger partial charge on any atom is -0.465 e. The second-order valence-corrected chi connectivity index (χ2v) is 3.56. The van der Waals surface area contributed by atoms with Crippen molar-refractivity contribution in [3.63, 3.8) is 0 Å². The monoisotopic (exact) mass is 262 g/mol. The van der Waals surface area contributed by atoms with Gasteiger partial charge in [-0.2, -0.15) is 0 Å². The van der Waals surface area contributed by atoms with Gasteiger partial charge in [0.15, 0.2) is 0 Å². The first-order chi connectivity index (χ1) is 6.19. The molecule has 4 heteroatoms. The summed E-state index contributed by atoms with van der Waals surface area (Å²) in [5.41, 5.74) is 1.39. The van der Waals surface area contributed by atoms with Crippen molar-refractivity contribution in [3.05, 3.63) is 33.8 Å². The quantitative estimate of drug-likeness (QED) is 0.606. The molecule has 0 aliphatic heterocycles. The molecule has 0 radical (unpaired) electrons. The highest BCUT2D eigenvalue weighted by atomic mass is 79.9. The summed E-state index contributed by atoms with van der Waals surface area (Å²) in [5.74, 6) is 0.0240. The van der Waals surface area contributed by atoms with Gasteiger partial charge in [0.2, 0.25) is 0 Å². The molecule has 0 aromatic heterocycles. The molecule has 0 unspecified atom stereocenters. The van der Waals surface area contributed by atoms with E-state index in [1.807, 2.05) is 6.07 Å². The van der Waals surface area contributed by atoms with Gasteiger partial charge in [-0.1, -0.05) is 6.07 Å². The third-order valence-electron chi connectivity index (χ3n) is 1.59. The van der Waals surface area contributed by atoms with E-state index in [0.717, 1.165) is 5.56 Å². The molecule has 70 valence electrons. The van der Waals surface area contributed by atoms with Gasteiger partial charge in [0.05, 0.1) is 12.7 Å². The number of halogens is 2. The van der Waals surface area contributed by atoms with E-state index in [1.54, 1.807) is 12.1 Å². The highest BCUT2D eigenvalue weighted by Gasteiger charge is 2.10. The summed E-state index contributed by atoms with van der Waals surface area (Å²) in [7, 11) is 1.35. The molecular formula is C9H8BrClO2. The largest absolute Gasteiger partial charge is 0.465 e. The Balaban J connectivity index is 3.11. The normalized spacial score (nSPS) is 9.77. The number of esters is 1. The minimum absolute atomic E-state index is 0.362. The van der Waals surface area contributed by atoms with Crippen LogP contribution in [-0.2, 0) is 10.6 Å². The molecule has 0 heterocycles. The van der Waals surface area contributed by atoms with Crippen LogP contribution in [0.3, 0.4) is 0 Å². The van der Waals surface area contributed by atoms with Crippen molar-refractivity contribution < 1.29 is 9.53 Å². The van der Waals surface area contributed by atoms with Crippen molar-refractivity contribution >= 4 is 33.5 Å². The topological polar surface area (TPSA) is 26.3 Å². The van der Waals surface area contributed by atoms with Crippen molar-refractivity contribution in [2.24, 2.45) is 0 Å². The van der Waals surface area contributed by atoms with Gasteiger partial charge in [-0.15, -0.1) is 11.6 Å². The van der Waals surface area contributed by atoms with Crippen LogP contribution in [0.5, 0.6) is 0 Å². The lowest BCUT2D eigenvalue weighted by Gasteiger charge is -2.03. The number of carbonyl (C=O) groups is 1. The summed E-state index contributed by atoms with van der Waals surface area (Å²) >= 11 is 8.89. The predicted molar refractivity (Wildman–Crippen MR) is 55.0 cm³/mol. The zero-order chi connectivity index (χ0) is 9.84. The zero-order valence-corrected chi connectivity index (χ0v) is 9.35. The molecule has 0 saturated carbocycles. The lowest BCUT2D eigenvalue weighted by Crippen LogP contribution is -2.02. The molecule has 13 heavy (non-hydrogen) atoms. The number of benzene rings is 1. The summed E-state index contributed by atoms with van der Waals surface area (Å²) in [6.07, 6.45) is 0. The molecule has 0 spiro atoms. The third kappa shape index (κ3) is 2.45. The average Bonchev–Trinajstić information content (AvgIpc) is 2.17. The molecule has 0 atom stereocenters. The fraction of sp³-hybridized carbons (Fsp3) is 0.222. The van der Waals surface area contributed by atoms with Crippen LogP contribution in [-0.4, -0.2) is 13.1 Å². The van der Waals surface area contributed by atoms with Crippen LogP contribution < -0.4 is 0 Å². The van der Waals surface area contributed by atoms with Gasteiger partial charge in [-0.05, 0) is 33.6 Å². The summed E-state index contributed by atoms with van der Waals surface area (Å²) in [6.45, 7) is 0. The number of methoxy groups -OCH3 is 1. The van der Waals surface area contributed by atoms with Crippen molar-refractivity contribution in [3.8, 4) is 0 Å². The van der Waals surface area contributed by atoms with Crippen LogP contribution >= 0.6 is 27.5 Å². The van der Waals surface area contributed by atoms with E-state index in [2.05, 4.69) is 20.7 Å². The van der Waals surface area contributed by atoms with E-state index in [1.165, 1.54) is 7.11 Å². The predicted octanol–water partition coefficient (Wildman–Crippen LogP) is 2.97. The van der Waals surface area contributed by atoms with Crippen molar-refractivity contribution in [1.82, 2.24) is 0 Å². The van der Waals surface area contributed by atoms with E-state index in [9.17, 15) is 4.79 Å². The Morgan fingerprint density at radius 3 is 2.85 bits per heavy atom. The lowest BCUT2D eigenvalue weighted by molar-refractivity contribution is 0.0599. The second-order valence-electron chi connectivity index (χ2n) is 2.44. The number of hydrogen-bond donors (Lipinski definition) is 0. The number of alkyl halides is 1. The molecule has 2 nitrogen and oxygen atoms in total. The summed E-state index contributed by atoms with van der Waals surface area (Å²) < 4.78 is 5.32. The molecule has 0 amide bonds. The first-order valence-corrected chi connectivity index (χ1v) is 4.94. The van der Waals surface area contributed by atoms with Gasteiger partial charge in [0.1, 0.15) is 0 Å². The second kappa shape index (κ2) is 4.63. The van der Waals surface area contributed by atoms with Gasteiger partial charge in [0, 0.05) is 10.4 Å². The Labute approximate surface area is 90.0 Å². The van der Waals surface area contributed by atoms with Gasteiger partial charge in [0.25, 0.3) is 0 Å². The summed E-state index contributed by atoms with van der Waals surface area (Å²) in [5, 5.41) is 0. The third-order valence-corrected chi connectivity index (χ3v) is 2.59. The van der Waals surface area contributed by atoms with Gasteiger partial charge >= 0.3 is 5.97 Å². The first kappa shape index (κ1) is 10.5. The van der Waals surface area contributed by atoms with Crippen LogP contribution in [0.25, 0.3) is 0 Å². The lowest BCUT2D eigenvalue weighted by atomic mass is 10.1. The maximum atomic E-state index is 11.2. The Hall–Kier alpha value is -0.540. The first-order valence-electron chi connectivity index (χ1n) is 3.61. The summed E-state index contributed by atoms with van der Waals surface area (Å²) in [4.78, 5) is 11.2. The maximum Gasteiger partial charge on any atom is 0.339 e. The van der Waals surface area contributed by atoms with Crippen LogP contribution in [0.2, 0.25) is 0 Å². The van der Waals surface area contributed by atoms with E-state index < -0.39 is 0 Å². The number of rotatable bonds is 2. The Morgan fingerprint density at radius 2 is 2.31 bits per heavy atom. The highest BCUT2D eigenvalue weighted by Crippen LogP contribution is 2.19. The fourth-order valence-electron chi connectivity index (χ4n) is 0.922. The van der Waals surface area contributed by atoms with Crippen molar-refractivity contribution in [1.29, 1.82) is 0 Å². The van der Waals surface area contributed by atoms with Gasteiger partial charge in [-0.25, -0.2) is 4.79 Å². The molecule has 1 rings (SSSR count). The molecule has 0 aliphatic rings. The Kier molecular flexibility index (Phi) is 3.75. The average molecular weight is 264 g/mol. The van der Waals surface area contributed by atoms with Gasteiger partial charge < -0.3 is 4.74 Å². The molecule has 1 aromatic rings. The minimum atomic E-state index is -0.362.